The van der Waals surface area contributed by atoms with Gasteiger partial charge in [0.25, 0.3) is 0 Å². The SMILES string of the molecule is CCCCCOC(=O)Cn1ccc2cc(Br)ccc21. The van der Waals surface area contributed by atoms with E-state index in [-0.39, 0.29) is 12.5 Å². The summed E-state index contributed by atoms with van der Waals surface area (Å²) in [6, 6.07) is 8.03. The molecule has 0 N–H and O–H groups in total. The van der Waals surface area contributed by atoms with E-state index in [1.165, 1.54) is 0 Å². The molecule has 3 nitrogen and oxygen atoms in total. The lowest BCUT2D eigenvalue weighted by atomic mass is 10.2. The number of carbonyl (C=O) groups is 1. The van der Waals surface area contributed by atoms with Crippen molar-refractivity contribution in [2.45, 2.75) is 32.7 Å². The van der Waals surface area contributed by atoms with Crippen LogP contribution in [0.5, 0.6) is 0 Å². The third-order valence-electron chi connectivity index (χ3n) is 3.04. The Kier molecular flexibility index (Phi) is 5.02. The first-order valence-electron chi connectivity index (χ1n) is 6.60. The monoisotopic (exact) mass is 323 g/mol. The maximum absolute atomic E-state index is 11.7. The first-order chi connectivity index (χ1) is 9.20. The minimum Gasteiger partial charge on any atom is -0.464 e. The molecule has 0 saturated heterocycles. The predicted octanol–water partition coefficient (Wildman–Crippen LogP) is 4.14. The van der Waals surface area contributed by atoms with E-state index in [4.69, 9.17) is 4.74 Å². The number of fused-ring (bicyclic) bond motifs is 1. The Balaban J connectivity index is 1.95. The Morgan fingerprint density at radius 2 is 2.16 bits per heavy atom. The highest BCUT2D eigenvalue weighted by Gasteiger charge is 2.07. The summed E-state index contributed by atoms with van der Waals surface area (Å²) in [5, 5.41) is 1.12. The number of aromatic nitrogens is 1. The van der Waals surface area contributed by atoms with Crippen LogP contribution >= 0.6 is 15.9 Å². The molecule has 0 unspecified atom stereocenters. The number of hydrogen-bond acceptors (Lipinski definition) is 2. The maximum Gasteiger partial charge on any atom is 0.325 e. The average molecular weight is 324 g/mol. The van der Waals surface area contributed by atoms with Crippen LogP contribution in [0.3, 0.4) is 0 Å². The van der Waals surface area contributed by atoms with Gasteiger partial charge in [0.15, 0.2) is 0 Å². The molecule has 0 fully saturated rings. The number of unbranched alkanes of at least 4 members (excludes halogenated alkanes) is 2. The zero-order valence-electron chi connectivity index (χ0n) is 11.1. The lowest BCUT2D eigenvalue weighted by molar-refractivity contribution is -0.144. The molecule has 2 rings (SSSR count). The van der Waals surface area contributed by atoms with Crippen molar-refractivity contribution < 1.29 is 9.53 Å². The molecule has 0 atom stereocenters. The predicted molar refractivity (Wildman–Crippen MR) is 80.1 cm³/mol. The molecule has 19 heavy (non-hydrogen) atoms. The fourth-order valence-electron chi connectivity index (χ4n) is 2.03. The van der Waals surface area contributed by atoms with Crippen molar-refractivity contribution in [2.24, 2.45) is 0 Å². The van der Waals surface area contributed by atoms with Gasteiger partial charge in [-0.3, -0.25) is 4.79 Å². The minimum atomic E-state index is -0.170. The van der Waals surface area contributed by atoms with Gasteiger partial charge in [-0.1, -0.05) is 35.7 Å². The summed E-state index contributed by atoms with van der Waals surface area (Å²) < 4.78 is 8.18. The smallest absolute Gasteiger partial charge is 0.325 e. The van der Waals surface area contributed by atoms with Gasteiger partial charge in [-0.15, -0.1) is 0 Å². The van der Waals surface area contributed by atoms with E-state index in [2.05, 4.69) is 22.9 Å². The molecule has 0 radical (unpaired) electrons. The number of nitrogens with zero attached hydrogens (tertiary/aromatic N) is 1. The second kappa shape index (κ2) is 6.75. The largest absolute Gasteiger partial charge is 0.464 e. The molecule has 4 heteroatoms. The van der Waals surface area contributed by atoms with E-state index in [9.17, 15) is 4.79 Å². The Bertz CT molecular complexity index is 562. The summed E-state index contributed by atoms with van der Waals surface area (Å²) in [5.74, 6) is -0.170. The number of hydrogen-bond donors (Lipinski definition) is 0. The number of ether oxygens (including phenoxy) is 1. The Morgan fingerprint density at radius 3 is 2.95 bits per heavy atom. The standard InChI is InChI=1S/C15H18BrNO2/c1-2-3-4-9-19-15(18)11-17-8-7-12-10-13(16)5-6-14(12)17/h5-8,10H,2-4,9,11H2,1H3. The quantitative estimate of drug-likeness (QED) is 0.591. The van der Waals surface area contributed by atoms with Crippen molar-refractivity contribution in [1.29, 1.82) is 0 Å². The fourth-order valence-corrected chi connectivity index (χ4v) is 2.41. The van der Waals surface area contributed by atoms with Crippen LogP contribution in [0.2, 0.25) is 0 Å². The molecule has 1 aromatic heterocycles. The minimum absolute atomic E-state index is 0.170. The van der Waals surface area contributed by atoms with Gasteiger partial charge in [-0.05, 0) is 30.7 Å². The van der Waals surface area contributed by atoms with E-state index in [0.717, 1.165) is 34.6 Å². The van der Waals surface area contributed by atoms with Gasteiger partial charge in [-0.25, -0.2) is 0 Å². The topological polar surface area (TPSA) is 31.2 Å². The summed E-state index contributed by atoms with van der Waals surface area (Å²) in [5.41, 5.74) is 1.05. The summed E-state index contributed by atoms with van der Waals surface area (Å²) in [4.78, 5) is 11.7. The second-order valence-corrected chi connectivity index (χ2v) is 5.49. The van der Waals surface area contributed by atoms with Gasteiger partial charge in [-0.2, -0.15) is 0 Å². The molecule has 0 aliphatic rings. The molecule has 102 valence electrons. The fraction of sp³-hybridized carbons (Fsp3) is 0.400. The van der Waals surface area contributed by atoms with Crippen LogP contribution in [-0.2, 0) is 16.1 Å². The van der Waals surface area contributed by atoms with Crippen LogP contribution in [0.4, 0.5) is 0 Å². The zero-order valence-corrected chi connectivity index (χ0v) is 12.6. The highest BCUT2D eigenvalue weighted by molar-refractivity contribution is 9.10. The molecule has 2 aromatic rings. The first-order valence-corrected chi connectivity index (χ1v) is 7.40. The molecule has 0 spiro atoms. The maximum atomic E-state index is 11.7. The molecule has 0 aliphatic heterocycles. The van der Waals surface area contributed by atoms with Crippen molar-refractivity contribution in [3.63, 3.8) is 0 Å². The molecular formula is C15H18BrNO2. The van der Waals surface area contributed by atoms with Gasteiger partial charge in [0.05, 0.1) is 6.61 Å². The van der Waals surface area contributed by atoms with Crippen LogP contribution in [0.15, 0.2) is 34.9 Å². The molecular weight excluding hydrogens is 306 g/mol. The van der Waals surface area contributed by atoms with E-state index in [1.807, 2.05) is 35.0 Å². The van der Waals surface area contributed by atoms with Crippen LogP contribution in [0.1, 0.15) is 26.2 Å². The van der Waals surface area contributed by atoms with Crippen molar-refractivity contribution in [3.05, 3.63) is 34.9 Å². The van der Waals surface area contributed by atoms with Crippen molar-refractivity contribution in [1.82, 2.24) is 4.57 Å². The van der Waals surface area contributed by atoms with Gasteiger partial charge in [0.2, 0.25) is 0 Å². The summed E-state index contributed by atoms with van der Waals surface area (Å²) in [6.45, 7) is 2.93. The highest BCUT2D eigenvalue weighted by atomic mass is 79.9. The number of esters is 1. The number of carbonyl (C=O) groups excluding carboxylic acids is 1. The second-order valence-electron chi connectivity index (χ2n) is 4.57. The van der Waals surface area contributed by atoms with Gasteiger partial charge in [0.1, 0.15) is 6.54 Å². The van der Waals surface area contributed by atoms with Crippen LogP contribution in [0.25, 0.3) is 10.9 Å². The van der Waals surface area contributed by atoms with Crippen LogP contribution in [0, 0.1) is 0 Å². The normalized spacial score (nSPS) is 10.8. The number of halogens is 1. The summed E-state index contributed by atoms with van der Waals surface area (Å²) in [6.07, 6.45) is 5.11. The molecule has 0 bridgehead atoms. The Labute approximate surface area is 121 Å². The summed E-state index contributed by atoms with van der Waals surface area (Å²) in [7, 11) is 0. The molecule has 1 aromatic carbocycles. The van der Waals surface area contributed by atoms with Crippen LogP contribution < -0.4 is 0 Å². The van der Waals surface area contributed by atoms with Gasteiger partial charge in [0, 0.05) is 21.6 Å². The van der Waals surface area contributed by atoms with Crippen molar-refractivity contribution in [3.8, 4) is 0 Å². The Morgan fingerprint density at radius 1 is 1.32 bits per heavy atom. The van der Waals surface area contributed by atoms with E-state index in [1.54, 1.807) is 0 Å². The van der Waals surface area contributed by atoms with Crippen molar-refractivity contribution in [2.75, 3.05) is 6.61 Å². The molecule has 0 amide bonds. The number of benzene rings is 1. The lowest BCUT2D eigenvalue weighted by Crippen LogP contribution is -2.13. The molecule has 0 aliphatic carbocycles. The number of rotatable bonds is 6. The third kappa shape index (κ3) is 3.83. The van der Waals surface area contributed by atoms with Gasteiger partial charge < -0.3 is 9.30 Å². The zero-order chi connectivity index (χ0) is 13.7. The summed E-state index contributed by atoms with van der Waals surface area (Å²) >= 11 is 3.44. The van der Waals surface area contributed by atoms with E-state index in [0.29, 0.717) is 6.61 Å². The third-order valence-corrected chi connectivity index (χ3v) is 3.54. The van der Waals surface area contributed by atoms with Gasteiger partial charge >= 0.3 is 5.97 Å². The Hall–Kier alpha value is -1.29. The van der Waals surface area contributed by atoms with E-state index < -0.39 is 0 Å². The van der Waals surface area contributed by atoms with Crippen LogP contribution in [-0.4, -0.2) is 17.1 Å². The molecule has 0 saturated carbocycles. The lowest BCUT2D eigenvalue weighted by Gasteiger charge is -2.06. The average Bonchev–Trinajstić information content (AvgIpc) is 2.77. The van der Waals surface area contributed by atoms with Crippen molar-refractivity contribution >= 4 is 32.8 Å². The highest BCUT2D eigenvalue weighted by Crippen LogP contribution is 2.20. The van der Waals surface area contributed by atoms with E-state index >= 15 is 0 Å². The first kappa shape index (κ1) is 14.1. The molecule has 1 heterocycles.